The van der Waals surface area contributed by atoms with Crippen LogP contribution in [0.1, 0.15) is 24.9 Å². The molecule has 3 heterocycles. The second-order valence-corrected chi connectivity index (χ2v) is 24.0. The van der Waals surface area contributed by atoms with Crippen LogP contribution in [0.3, 0.4) is 0 Å². The van der Waals surface area contributed by atoms with Gasteiger partial charge in [-0.25, -0.2) is 0 Å². The van der Waals surface area contributed by atoms with Crippen molar-refractivity contribution in [3.63, 3.8) is 0 Å². The molecule has 5 heteroatoms. The van der Waals surface area contributed by atoms with Crippen molar-refractivity contribution in [3.05, 3.63) is 163 Å². The zero-order valence-electron chi connectivity index (χ0n) is 34.8. The number of hydrogen-bond acceptors (Lipinski definition) is 3. The van der Waals surface area contributed by atoms with Crippen molar-refractivity contribution in [2.24, 2.45) is 0 Å². The molecule has 5 aromatic carbocycles. The molecule has 0 N–H and O–H groups in total. The first kappa shape index (κ1) is 29.0. The van der Waals surface area contributed by atoms with E-state index in [-0.39, 0.29) is 25.7 Å². The Bertz CT molecular complexity index is 2650. The number of fused-ring (bicyclic) bond motifs is 3. The zero-order valence-corrected chi connectivity index (χ0v) is 33.3. The van der Waals surface area contributed by atoms with Crippen LogP contribution in [0.4, 0.5) is 0 Å². The number of aromatic nitrogens is 2. The van der Waals surface area contributed by atoms with Gasteiger partial charge in [-0.15, -0.1) is 18.2 Å². The molecule has 255 valence electrons. The Balaban J connectivity index is 0.000000215. The number of rotatable bonds is 5. The van der Waals surface area contributed by atoms with E-state index in [9.17, 15) is 0 Å². The molecule has 3 nitrogen and oxygen atoms in total. The van der Waals surface area contributed by atoms with Gasteiger partial charge < -0.3 is 9.40 Å². The van der Waals surface area contributed by atoms with Gasteiger partial charge in [-0.1, -0.05) is 89.8 Å². The third kappa shape index (κ3) is 7.84. The predicted molar refractivity (Wildman–Crippen MR) is 212 cm³/mol. The maximum atomic E-state index is 8.15. The number of aryl methyl sites for hydroxylation is 3. The summed E-state index contributed by atoms with van der Waals surface area (Å²) in [6.07, 6.45) is 3.62. The van der Waals surface area contributed by atoms with E-state index in [1.54, 1.807) is 24.4 Å². The van der Waals surface area contributed by atoms with Crippen molar-refractivity contribution in [3.8, 4) is 44.8 Å². The first-order chi connectivity index (χ1) is 26.6. The van der Waals surface area contributed by atoms with Crippen molar-refractivity contribution in [1.29, 1.82) is 0 Å². The zero-order chi connectivity index (χ0) is 39.8. The quantitative estimate of drug-likeness (QED) is 0.128. The standard InChI is InChI=1S/C30H20NO.C16H20GeN.Ir/c1-20-17-28(31-19-27(20)22-11-6-3-7-12-22)26-14-8-13-25-24-16-15-23(18-29(24)32-30(25)26)21-9-4-2-5-10-21;1-12-6-8-14(9-7-12)16-10-13(2)15(11-18-16)17(3,4)5;/h2-13,15-19H,1H3;6-8,10-11H,1-5H3;/q2*-1;/i2*1D3;. The molecule has 0 spiro atoms. The Morgan fingerprint density at radius 3 is 2.06 bits per heavy atom. The summed E-state index contributed by atoms with van der Waals surface area (Å²) in [5.74, 6) is 7.04. The van der Waals surface area contributed by atoms with Crippen LogP contribution in [0.5, 0.6) is 0 Å². The molecule has 0 aliphatic heterocycles. The minimum absolute atomic E-state index is 0. The van der Waals surface area contributed by atoms with E-state index in [0.29, 0.717) is 28.0 Å². The molecule has 0 atom stereocenters. The Hall–Kier alpha value is -4.61. The topological polar surface area (TPSA) is 38.9 Å². The molecule has 0 amide bonds. The van der Waals surface area contributed by atoms with Crippen LogP contribution in [-0.2, 0) is 20.1 Å². The van der Waals surface area contributed by atoms with E-state index in [4.69, 9.17) is 12.6 Å². The van der Waals surface area contributed by atoms with Crippen LogP contribution in [0, 0.1) is 32.8 Å². The van der Waals surface area contributed by atoms with Gasteiger partial charge in [0, 0.05) is 41.4 Å². The van der Waals surface area contributed by atoms with Crippen LogP contribution in [-0.4, -0.2) is 23.2 Å². The summed E-state index contributed by atoms with van der Waals surface area (Å²) in [5.41, 5.74) is 9.67. The number of nitrogens with zero attached hydrogens (tertiary/aromatic N) is 2. The smallest absolute Gasteiger partial charge is 0.121 e. The summed E-state index contributed by atoms with van der Waals surface area (Å²) >= 11 is -1.89. The first-order valence-electron chi connectivity index (χ1n) is 19.6. The van der Waals surface area contributed by atoms with Gasteiger partial charge in [-0.3, -0.25) is 0 Å². The normalized spacial score (nSPS) is 13.4. The van der Waals surface area contributed by atoms with Gasteiger partial charge >= 0.3 is 117 Å². The molecule has 1 radical (unpaired) electrons. The van der Waals surface area contributed by atoms with Crippen LogP contribution >= 0.6 is 0 Å². The Morgan fingerprint density at radius 1 is 0.667 bits per heavy atom. The maximum absolute atomic E-state index is 8.15. The van der Waals surface area contributed by atoms with Crippen molar-refractivity contribution >= 4 is 39.6 Å². The molecule has 0 saturated heterocycles. The SMILES string of the molecule is [2H]C([2H])([2H])c1c[c-]c(-c2cc(C)[c]([Ge]([CH3])([CH3])[CH3])cn2)cc1.[2H]C([2H])([2H])c1cc(-c2[c-]ccc3c2oc2cc(-c4ccccc4)ccc23)ncc1-c1ccccc1.[Ir]. The van der Waals surface area contributed by atoms with Crippen LogP contribution in [0.25, 0.3) is 66.7 Å². The molecule has 0 fully saturated rings. The van der Waals surface area contributed by atoms with Crippen LogP contribution in [0.15, 0.2) is 138 Å². The van der Waals surface area contributed by atoms with Gasteiger partial charge in [0.25, 0.3) is 0 Å². The molecule has 8 rings (SSSR count). The fourth-order valence-corrected chi connectivity index (χ4v) is 9.84. The van der Waals surface area contributed by atoms with Gasteiger partial charge in [0.2, 0.25) is 0 Å². The molecule has 0 aliphatic rings. The molecule has 3 aromatic heterocycles. The number of furan rings is 1. The van der Waals surface area contributed by atoms with Crippen molar-refractivity contribution < 1.29 is 32.7 Å². The van der Waals surface area contributed by atoms with Gasteiger partial charge in [0.05, 0.1) is 5.58 Å². The molecule has 0 saturated carbocycles. The van der Waals surface area contributed by atoms with Crippen LogP contribution in [0.2, 0.25) is 17.3 Å². The van der Waals surface area contributed by atoms with Gasteiger partial charge in [0.1, 0.15) is 5.58 Å². The summed E-state index contributed by atoms with van der Waals surface area (Å²) < 4.78 is 54.3. The van der Waals surface area contributed by atoms with Gasteiger partial charge in [0.15, 0.2) is 0 Å². The number of pyridine rings is 2. The first-order valence-corrected chi connectivity index (χ1v) is 23.9. The monoisotopic (exact) mass is 909 g/mol. The average molecular weight is 908 g/mol. The Kier molecular flexibility index (Phi) is 8.72. The van der Waals surface area contributed by atoms with E-state index >= 15 is 0 Å². The fraction of sp³-hybridized carbons (Fsp3) is 0.130. The Morgan fingerprint density at radius 2 is 1.39 bits per heavy atom. The predicted octanol–water partition coefficient (Wildman–Crippen LogP) is 11.8. The summed E-state index contributed by atoms with van der Waals surface area (Å²) in [6, 6.07) is 44.5. The van der Waals surface area contributed by atoms with E-state index < -0.39 is 27.0 Å². The Labute approximate surface area is 326 Å². The third-order valence-corrected chi connectivity index (χ3v) is 13.3. The summed E-state index contributed by atoms with van der Waals surface area (Å²) in [7, 11) is 0. The molecule has 0 bridgehead atoms. The van der Waals surface area contributed by atoms with Crippen molar-refractivity contribution in [2.45, 2.75) is 37.9 Å². The van der Waals surface area contributed by atoms with Gasteiger partial charge in [-0.05, 0) is 40.9 Å². The molecule has 8 aromatic rings. The van der Waals surface area contributed by atoms with Crippen molar-refractivity contribution in [2.75, 3.05) is 0 Å². The molecule has 51 heavy (non-hydrogen) atoms. The minimum Gasteiger partial charge on any atom is -0.501 e. The second-order valence-electron chi connectivity index (χ2n) is 13.4. The van der Waals surface area contributed by atoms with Gasteiger partial charge in [-0.2, -0.15) is 0 Å². The second kappa shape index (κ2) is 15.3. The van der Waals surface area contributed by atoms with E-state index in [1.165, 1.54) is 16.0 Å². The van der Waals surface area contributed by atoms with E-state index in [1.807, 2.05) is 72.9 Å². The summed E-state index contributed by atoms with van der Waals surface area (Å²) in [6.45, 7) is -2.26. The fourth-order valence-electron chi connectivity index (χ4n) is 6.25. The van der Waals surface area contributed by atoms with Crippen LogP contribution < -0.4 is 4.40 Å². The van der Waals surface area contributed by atoms with E-state index in [2.05, 4.69) is 76.6 Å². The maximum Gasteiger partial charge on any atom is 0.121 e. The van der Waals surface area contributed by atoms with E-state index in [0.717, 1.165) is 44.3 Å². The average Bonchev–Trinajstić information content (AvgIpc) is 3.56. The molecule has 0 aliphatic carbocycles. The number of hydrogen-bond donors (Lipinski definition) is 0. The summed E-state index contributed by atoms with van der Waals surface area (Å²) in [4.78, 5) is 9.19. The molecular weight excluding hydrogens is 861 g/mol. The molecule has 0 unspecified atom stereocenters. The van der Waals surface area contributed by atoms with Crippen molar-refractivity contribution in [1.82, 2.24) is 9.97 Å². The minimum atomic E-state index is -2.30. The largest absolute Gasteiger partial charge is 0.501 e. The molecular formula is C46H40GeIrN2O-2. The number of benzene rings is 5. The summed E-state index contributed by atoms with van der Waals surface area (Å²) in [5, 5.41) is 1.93. The third-order valence-electron chi connectivity index (χ3n) is 8.79.